The van der Waals surface area contributed by atoms with E-state index in [2.05, 4.69) is 15.7 Å². The number of fused-ring (bicyclic) bond motifs is 1. The molecule has 30 heavy (non-hydrogen) atoms. The quantitative estimate of drug-likeness (QED) is 0.462. The summed E-state index contributed by atoms with van der Waals surface area (Å²) in [6.07, 6.45) is 0.574. The average molecular weight is 436 g/mol. The zero-order valence-electron chi connectivity index (χ0n) is 16.8. The van der Waals surface area contributed by atoms with Crippen LogP contribution in [0, 0.1) is 0 Å². The summed E-state index contributed by atoms with van der Waals surface area (Å²) in [6.45, 7) is 3.22. The molecule has 3 rings (SSSR count). The zero-order chi connectivity index (χ0) is 21.7. The molecule has 0 fully saturated rings. The van der Waals surface area contributed by atoms with E-state index in [1.54, 1.807) is 31.4 Å². The number of hydrogen-bond acceptors (Lipinski definition) is 7. The van der Waals surface area contributed by atoms with E-state index in [1.807, 2.05) is 6.92 Å². The second kappa shape index (κ2) is 9.26. The molecule has 2 heterocycles. The molecule has 0 bridgehead atoms. The second-order valence-electron chi connectivity index (χ2n) is 6.68. The number of carbonyl (C=O) groups is 2. The standard InChI is InChI=1S/C19H24N4O6S/c1-3-29-10-4-9-20-18(24)19(25)21-17-15-11-30(26,27)12-16(15)22-23(17)13-5-7-14(28-2)8-6-13/h5-8H,3-4,9-12H2,1-2H3,(H,20,24)(H,21,25). The highest BCUT2D eigenvalue weighted by Crippen LogP contribution is 2.33. The molecule has 1 aliphatic heterocycles. The summed E-state index contributed by atoms with van der Waals surface area (Å²) in [6, 6.07) is 6.88. The van der Waals surface area contributed by atoms with Crippen molar-refractivity contribution in [2.24, 2.45) is 0 Å². The molecule has 11 heteroatoms. The first kappa shape index (κ1) is 21.8. The van der Waals surface area contributed by atoms with Crippen LogP contribution in [0.15, 0.2) is 24.3 Å². The first-order chi connectivity index (χ1) is 14.3. The molecule has 0 radical (unpaired) electrons. The van der Waals surface area contributed by atoms with Crippen molar-refractivity contribution in [3.8, 4) is 11.4 Å². The highest BCUT2D eigenvalue weighted by atomic mass is 32.2. The van der Waals surface area contributed by atoms with E-state index in [9.17, 15) is 18.0 Å². The number of amides is 2. The van der Waals surface area contributed by atoms with Gasteiger partial charge in [-0.25, -0.2) is 13.1 Å². The Hall–Kier alpha value is -2.92. The molecule has 0 saturated carbocycles. The van der Waals surface area contributed by atoms with Crippen LogP contribution in [0.5, 0.6) is 5.75 Å². The lowest BCUT2D eigenvalue weighted by Gasteiger charge is -2.11. The highest BCUT2D eigenvalue weighted by molar-refractivity contribution is 7.90. The number of ether oxygens (including phenoxy) is 2. The van der Waals surface area contributed by atoms with Gasteiger partial charge < -0.3 is 20.1 Å². The van der Waals surface area contributed by atoms with Crippen LogP contribution in [-0.2, 0) is 35.7 Å². The third kappa shape index (κ3) is 4.97. The Bertz CT molecular complexity index is 1030. The van der Waals surface area contributed by atoms with Crippen LogP contribution in [0.1, 0.15) is 24.6 Å². The molecule has 0 spiro atoms. The van der Waals surface area contributed by atoms with Crippen molar-refractivity contribution in [1.29, 1.82) is 0 Å². The predicted octanol–water partition coefficient (Wildman–Crippen LogP) is 0.791. The summed E-state index contributed by atoms with van der Waals surface area (Å²) in [5, 5.41) is 9.40. The number of hydrogen-bond donors (Lipinski definition) is 2. The zero-order valence-corrected chi connectivity index (χ0v) is 17.6. The molecule has 1 aromatic carbocycles. The Labute approximate surface area is 174 Å². The van der Waals surface area contributed by atoms with Crippen molar-refractivity contribution < 1.29 is 27.5 Å². The van der Waals surface area contributed by atoms with Crippen LogP contribution in [0.2, 0.25) is 0 Å². The summed E-state index contributed by atoms with van der Waals surface area (Å²) < 4.78 is 35.8. The van der Waals surface area contributed by atoms with E-state index in [0.29, 0.717) is 42.3 Å². The molecule has 10 nitrogen and oxygen atoms in total. The Kier molecular flexibility index (Phi) is 6.73. The number of nitrogens with zero attached hydrogens (tertiary/aromatic N) is 2. The van der Waals surface area contributed by atoms with Gasteiger partial charge >= 0.3 is 11.8 Å². The largest absolute Gasteiger partial charge is 0.497 e. The van der Waals surface area contributed by atoms with Gasteiger partial charge in [-0.1, -0.05) is 0 Å². The van der Waals surface area contributed by atoms with Gasteiger partial charge in [-0.3, -0.25) is 9.59 Å². The SMILES string of the molecule is CCOCCCNC(=O)C(=O)Nc1c2c(nn1-c1ccc(OC)cc1)CS(=O)(=O)C2. The van der Waals surface area contributed by atoms with Gasteiger partial charge in [0.2, 0.25) is 0 Å². The maximum absolute atomic E-state index is 12.4. The summed E-state index contributed by atoms with van der Waals surface area (Å²) in [5.74, 6) is -1.36. The highest BCUT2D eigenvalue weighted by Gasteiger charge is 2.33. The van der Waals surface area contributed by atoms with E-state index in [4.69, 9.17) is 9.47 Å². The van der Waals surface area contributed by atoms with Crippen LogP contribution in [-0.4, -0.2) is 56.9 Å². The molecule has 0 saturated heterocycles. The van der Waals surface area contributed by atoms with E-state index in [0.717, 1.165) is 0 Å². The fourth-order valence-corrected chi connectivity index (χ4v) is 4.54. The fourth-order valence-electron chi connectivity index (χ4n) is 3.05. The van der Waals surface area contributed by atoms with Gasteiger partial charge in [0.25, 0.3) is 0 Å². The van der Waals surface area contributed by atoms with Gasteiger partial charge in [0.05, 0.1) is 30.0 Å². The minimum Gasteiger partial charge on any atom is -0.497 e. The van der Waals surface area contributed by atoms with Crippen molar-refractivity contribution in [3.63, 3.8) is 0 Å². The minimum atomic E-state index is -3.33. The number of benzene rings is 1. The second-order valence-corrected chi connectivity index (χ2v) is 8.74. The molecule has 2 N–H and O–H groups in total. The van der Waals surface area contributed by atoms with Crippen LogP contribution in [0.25, 0.3) is 5.69 Å². The molecule has 162 valence electrons. The van der Waals surface area contributed by atoms with E-state index in [1.165, 1.54) is 4.68 Å². The number of carbonyl (C=O) groups excluding carboxylic acids is 2. The number of nitrogens with one attached hydrogen (secondary N) is 2. The molecule has 0 unspecified atom stereocenters. The number of anilines is 1. The molecule has 1 aromatic heterocycles. The summed E-state index contributed by atoms with van der Waals surface area (Å²) in [4.78, 5) is 24.5. The topological polar surface area (TPSA) is 129 Å². The van der Waals surface area contributed by atoms with Gasteiger partial charge in [-0.2, -0.15) is 5.10 Å². The van der Waals surface area contributed by atoms with Crippen LogP contribution >= 0.6 is 0 Å². The van der Waals surface area contributed by atoms with Crippen molar-refractivity contribution >= 4 is 27.5 Å². The molecule has 0 atom stereocenters. The molecule has 1 aliphatic rings. The van der Waals surface area contributed by atoms with Crippen molar-refractivity contribution in [1.82, 2.24) is 15.1 Å². The van der Waals surface area contributed by atoms with Gasteiger partial charge in [0.15, 0.2) is 9.84 Å². The average Bonchev–Trinajstić information content (AvgIpc) is 3.20. The van der Waals surface area contributed by atoms with E-state index < -0.39 is 21.7 Å². The van der Waals surface area contributed by atoms with Crippen LogP contribution in [0.3, 0.4) is 0 Å². The fraction of sp³-hybridized carbons (Fsp3) is 0.421. The minimum absolute atomic E-state index is 0.172. The summed E-state index contributed by atoms with van der Waals surface area (Å²) >= 11 is 0. The predicted molar refractivity (Wildman–Crippen MR) is 109 cm³/mol. The number of sulfone groups is 1. The lowest BCUT2D eigenvalue weighted by atomic mass is 10.2. The van der Waals surface area contributed by atoms with Crippen molar-refractivity contribution in [2.45, 2.75) is 24.9 Å². The monoisotopic (exact) mass is 436 g/mol. The number of rotatable bonds is 8. The molecular weight excluding hydrogens is 412 g/mol. The maximum atomic E-state index is 12.4. The first-order valence-corrected chi connectivity index (χ1v) is 11.3. The number of methoxy groups -OCH3 is 1. The van der Waals surface area contributed by atoms with Gasteiger partial charge in [0, 0.05) is 25.3 Å². The van der Waals surface area contributed by atoms with Crippen LogP contribution in [0.4, 0.5) is 5.82 Å². The molecule has 0 aliphatic carbocycles. The lowest BCUT2D eigenvalue weighted by Crippen LogP contribution is -2.36. The third-order valence-corrected chi connectivity index (χ3v) is 5.94. The van der Waals surface area contributed by atoms with Crippen molar-refractivity contribution in [3.05, 3.63) is 35.5 Å². The first-order valence-electron chi connectivity index (χ1n) is 9.47. The molecule has 2 amide bonds. The van der Waals surface area contributed by atoms with Gasteiger partial charge in [-0.15, -0.1) is 0 Å². The maximum Gasteiger partial charge on any atom is 0.314 e. The van der Waals surface area contributed by atoms with Crippen LogP contribution < -0.4 is 15.4 Å². The normalized spacial score (nSPS) is 14.2. The summed E-state index contributed by atoms with van der Waals surface area (Å²) in [5.41, 5.74) is 1.34. The van der Waals surface area contributed by atoms with E-state index >= 15 is 0 Å². The Morgan fingerprint density at radius 2 is 1.90 bits per heavy atom. The van der Waals surface area contributed by atoms with E-state index in [-0.39, 0.29) is 23.9 Å². The third-order valence-electron chi connectivity index (χ3n) is 4.50. The van der Waals surface area contributed by atoms with Gasteiger partial charge in [0.1, 0.15) is 11.6 Å². The lowest BCUT2D eigenvalue weighted by molar-refractivity contribution is -0.136. The smallest absolute Gasteiger partial charge is 0.314 e. The molecule has 2 aromatic rings. The summed E-state index contributed by atoms with van der Waals surface area (Å²) in [7, 11) is -1.79. The Morgan fingerprint density at radius 3 is 2.57 bits per heavy atom. The Morgan fingerprint density at radius 1 is 1.17 bits per heavy atom. The molecular formula is C19H24N4O6S. The van der Waals surface area contributed by atoms with Crippen molar-refractivity contribution in [2.75, 3.05) is 32.2 Å². The van der Waals surface area contributed by atoms with Gasteiger partial charge in [-0.05, 0) is 37.6 Å². The number of aromatic nitrogens is 2. The Balaban J connectivity index is 1.80.